The third kappa shape index (κ3) is 5.31. The maximum Gasteiger partial charge on any atom is 0.328 e. The zero-order valence-electron chi connectivity index (χ0n) is 13.7. The second-order valence-electron chi connectivity index (χ2n) is 6.23. The van der Waals surface area contributed by atoms with Crippen molar-refractivity contribution >= 4 is 17.7 Å². The molecule has 5 nitrogen and oxygen atoms in total. The molecule has 0 saturated heterocycles. The lowest BCUT2D eigenvalue weighted by Gasteiger charge is -2.22. The molecule has 2 atom stereocenters. The number of Topliss-reactive ketones (excluding diaryl/α,β-unsaturated/α-hetero) is 1. The predicted octanol–water partition coefficient (Wildman–Crippen LogP) is 2.21. The van der Waals surface area contributed by atoms with Crippen LogP contribution in [0.4, 0.5) is 0 Å². The summed E-state index contributed by atoms with van der Waals surface area (Å²) in [6.45, 7) is 8.37. The molecule has 1 aromatic rings. The van der Waals surface area contributed by atoms with E-state index in [4.69, 9.17) is 4.74 Å². The fourth-order valence-corrected chi connectivity index (χ4v) is 1.81. The van der Waals surface area contributed by atoms with Gasteiger partial charge < -0.3 is 10.1 Å². The molecule has 0 fully saturated rings. The average molecular weight is 305 g/mol. The minimum atomic E-state index is -0.876. The number of ketones is 1. The zero-order valence-corrected chi connectivity index (χ0v) is 13.7. The van der Waals surface area contributed by atoms with E-state index in [0.717, 1.165) is 5.56 Å². The van der Waals surface area contributed by atoms with Crippen molar-refractivity contribution in [2.45, 2.75) is 52.2 Å². The molecular formula is C17H23NO4. The fourth-order valence-electron chi connectivity index (χ4n) is 1.81. The number of nitrogens with one attached hydrogen (secondary N) is 1. The van der Waals surface area contributed by atoms with Gasteiger partial charge in [-0.3, -0.25) is 9.59 Å². The number of benzene rings is 1. The summed E-state index contributed by atoms with van der Waals surface area (Å²) in [5.41, 5.74) is 0.116. The Kier molecular flexibility index (Phi) is 5.85. The maximum absolute atomic E-state index is 12.1. The number of hydrogen-bond donors (Lipinski definition) is 1. The van der Waals surface area contributed by atoms with Crippen LogP contribution < -0.4 is 5.32 Å². The van der Waals surface area contributed by atoms with E-state index in [1.807, 2.05) is 6.07 Å². The molecule has 2 unspecified atom stereocenters. The SMILES string of the molecule is CC(NC(=O)C(=O)C(C)c1ccccc1)C(=O)OC(C)(C)C. The quantitative estimate of drug-likeness (QED) is 0.668. The summed E-state index contributed by atoms with van der Waals surface area (Å²) in [4.78, 5) is 35.9. The van der Waals surface area contributed by atoms with Gasteiger partial charge >= 0.3 is 5.97 Å². The first-order valence-corrected chi connectivity index (χ1v) is 7.24. The van der Waals surface area contributed by atoms with Crippen molar-refractivity contribution in [1.29, 1.82) is 0 Å². The molecular weight excluding hydrogens is 282 g/mol. The lowest BCUT2D eigenvalue weighted by Crippen LogP contribution is -2.45. The van der Waals surface area contributed by atoms with Gasteiger partial charge in [0.05, 0.1) is 0 Å². The summed E-state index contributed by atoms with van der Waals surface area (Å²) in [7, 11) is 0. The number of hydrogen-bond acceptors (Lipinski definition) is 4. The van der Waals surface area contributed by atoms with Crippen molar-refractivity contribution in [2.24, 2.45) is 0 Å². The largest absolute Gasteiger partial charge is 0.458 e. The van der Waals surface area contributed by atoms with E-state index in [0.29, 0.717) is 0 Å². The Morgan fingerprint density at radius 1 is 1.05 bits per heavy atom. The van der Waals surface area contributed by atoms with Crippen LogP contribution in [-0.2, 0) is 19.1 Å². The van der Waals surface area contributed by atoms with Crippen molar-refractivity contribution in [3.63, 3.8) is 0 Å². The summed E-state index contributed by atoms with van der Waals surface area (Å²) in [5.74, 6) is -2.50. The molecule has 1 amide bonds. The molecule has 120 valence electrons. The van der Waals surface area contributed by atoms with Crippen LogP contribution in [0.15, 0.2) is 30.3 Å². The Morgan fingerprint density at radius 3 is 2.09 bits per heavy atom. The van der Waals surface area contributed by atoms with E-state index in [-0.39, 0.29) is 0 Å². The normalized spacial score (nSPS) is 13.9. The molecule has 22 heavy (non-hydrogen) atoms. The van der Waals surface area contributed by atoms with Gasteiger partial charge in [0.1, 0.15) is 11.6 Å². The number of amides is 1. The molecule has 5 heteroatoms. The topological polar surface area (TPSA) is 72.5 Å². The molecule has 0 radical (unpaired) electrons. The van der Waals surface area contributed by atoms with Crippen molar-refractivity contribution in [2.75, 3.05) is 0 Å². The highest BCUT2D eigenvalue weighted by Gasteiger charge is 2.28. The number of esters is 1. The highest BCUT2D eigenvalue weighted by atomic mass is 16.6. The predicted molar refractivity (Wildman–Crippen MR) is 83.3 cm³/mol. The Labute approximate surface area is 131 Å². The number of carbonyl (C=O) groups excluding carboxylic acids is 3. The third-order valence-electron chi connectivity index (χ3n) is 3.02. The van der Waals surface area contributed by atoms with Gasteiger partial charge in [-0.2, -0.15) is 0 Å². The van der Waals surface area contributed by atoms with E-state index >= 15 is 0 Å². The molecule has 0 aliphatic carbocycles. The van der Waals surface area contributed by atoms with Crippen LogP contribution >= 0.6 is 0 Å². The standard InChI is InChI=1S/C17H23NO4/c1-11(13-9-7-6-8-10-13)14(19)15(20)18-12(2)16(21)22-17(3,4)5/h6-12H,1-5H3,(H,18,20). The maximum atomic E-state index is 12.1. The lowest BCUT2D eigenvalue weighted by molar-refractivity contribution is -0.158. The first kappa shape index (κ1) is 17.9. The van der Waals surface area contributed by atoms with Crippen LogP contribution in [0.5, 0.6) is 0 Å². The summed E-state index contributed by atoms with van der Waals surface area (Å²) in [5, 5.41) is 2.39. The highest BCUT2D eigenvalue weighted by molar-refractivity contribution is 6.38. The van der Waals surface area contributed by atoms with Crippen molar-refractivity contribution < 1.29 is 19.1 Å². The van der Waals surface area contributed by atoms with Gasteiger partial charge in [-0.1, -0.05) is 37.3 Å². The molecule has 0 saturated carbocycles. The number of carbonyl (C=O) groups is 3. The molecule has 0 bridgehead atoms. The van der Waals surface area contributed by atoms with Crippen molar-refractivity contribution in [3.05, 3.63) is 35.9 Å². The second kappa shape index (κ2) is 7.20. The van der Waals surface area contributed by atoms with E-state index in [9.17, 15) is 14.4 Å². The zero-order chi connectivity index (χ0) is 16.9. The Hall–Kier alpha value is -2.17. The molecule has 0 aromatic heterocycles. The van der Waals surface area contributed by atoms with Crippen LogP contribution in [0.25, 0.3) is 0 Å². The summed E-state index contributed by atoms with van der Waals surface area (Å²) in [6.07, 6.45) is 0. The minimum Gasteiger partial charge on any atom is -0.458 e. The second-order valence-corrected chi connectivity index (χ2v) is 6.23. The molecule has 0 spiro atoms. The van der Waals surface area contributed by atoms with Crippen molar-refractivity contribution in [3.8, 4) is 0 Å². The Morgan fingerprint density at radius 2 is 1.59 bits per heavy atom. The Bertz CT molecular complexity index is 546. The summed E-state index contributed by atoms with van der Waals surface area (Å²) < 4.78 is 5.16. The average Bonchev–Trinajstić information content (AvgIpc) is 2.44. The smallest absolute Gasteiger partial charge is 0.328 e. The number of ether oxygens (including phenoxy) is 1. The van der Waals surface area contributed by atoms with E-state index in [1.165, 1.54) is 6.92 Å². The molecule has 0 aliphatic heterocycles. The van der Waals surface area contributed by atoms with E-state index < -0.39 is 35.2 Å². The summed E-state index contributed by atoms with van der Waals surface area (Å²) in [6, 6.07) is 8.14. The fraction of sp³-hybridized carbons (Fsp3) is 0.471. The van der Waals surface area contributed by atoms with Gasteiger partial charge in [-0.15, -0.1) is 0 Å². The van der Waals surface area contributed by atoms with Gasteiger partial charge in [0.2, 0.25) is 5.78 Å². The lowest BCUT2D eigenvalue weighted by atomic mass is 9.96. The minimum absolute atomic E-state index is 0.563. The first-order chi connectivity index (χ1) is 10.1. The van der Waals surface area contributed by atoms with Crippen LogP contribution in [0, 0.1) is 0 Å². The van der Waals surface area contributed by atoms with Gasteiger partial charge in [-0.25, -0.2) is 4.79 Å². The monoisotopic (exact) mass is 305 g/mol. The number of rotatable bonds is 5. The molecule has 1 N–H and O–H groups in total. The highest BCUT2D eigenvalue weighted by Crippen LogP contribution is 2.15. The summed E-state index contributed by atoms with van der Waals surface area (Å²) >= 11 is 0. The van der Waals surface area contributed by atoms with Crippen LogP contribution in [-0.4, -0.2) is 29.3 Å². The van der Waals surface area contributed by atoms with Crippen LogP contribution in [0.3, 0.4) is 0 Å². The first-order valence-electron chi connectivity index (χ1n) is 7.24. The molecule has 1 rings (SSSR count). The van der Waals surface area contributed by atoms with Gasteiger partial charge in [0.25, 0.3) is 5.91 Å². The van der Waals surface area contributed by atoms with Crippen molar-refractivity contribution in [1.82, 2.24) is 5.32 Å². The van der Waals surface area contributed by atoms with E-state index in [1.54, 1.807) is 52.0 Å². The van der Waals surface area contributed by atoms with Gasteiger partial charge in [0.15, 0.2) is 0 Å². The Balaban J connectivity index is 2.64. The molecule has 1 aromatic carbocycles. The van der Waals surface area contributed by atoms with Crippen LogP contribution in [0.1, 0.15) is 46.1 Å². The van der Waals surface area contributed by atoms with E-state index in [2.05, 4.69) is 5.32 Å². The molecule has 0 heterocycles. The molecule has 0 aliphatic rings. The van der Waals surface area contributed by atoms with Gasteiger partial charge in [-0.05, 0) is 33.3 Å². The third-order valence-corrected chi connectivity index (χ3v) is 3.02. The van der Waals surface area contributed by atoms with Gasteiger partial charge in [0, 0.05) is 5.92 Å². The van der Waals surface area contributed by atoms with Crippen LogP contribution in [0.2, 0.25) is 0 Å².